The van der Waals surface area contributed by atoms with E-state index in [4.69, 9.17) is 9.47 Å². The molecule has 0 aromatic rings. The summed E-state index contributed by atoms with van der Waals surface area (Å²) in [4.78, 5) is 10.7. The number of hydrogen-bond acceptors (Lipinski definition) is 3. The van der Waals surface area contributed by atoms with Crippen molar-refractivity contribution in [2.24, 2.45) is 0 Å². The van der Waals surface area contributed by atoms with Crippen LogP contribution in [-0.2, 0) is 14.3 Å². The Morgan fingerprint density at radius 1 is 1.82 bits per heavy atom. The maximum absolute atomic E-state index is 10.7. The Kier molecular flexibility index (Phi) is 3.11. The maximum atomic E-state index is 10.7. The molecule has 1 rings (SSSR count). The van der Waals surface area contributed by atoms with Gasteiger partial charge in [-0.15, -0.1) is 0 Å². The number of carbonyl (C=O) groups excluding carboxylic acids is 1. The third-order valence-corrected chi connectivity index (χ3v) is 1.30. The van der Waals surface area contributed by atoms with Gasteiger partial charge in [-0.3, -0.25) is 4.79 Å². The lowest BCUT2D eigenvalue weighted by Crippen LogP contribution is -2.01. The van der Waals surface area contributed by atoms with Gasteiger partial charge in [-0.25, -0.2) is 0 Å². The average Bonchev–Trinajstić information content (AvgIpc) is 2.72. The summed E-state index contributed by atoms with van der Waals surface area (Å²) in [5.74, 6) is -0.176. The molecule has 0 amide bonds. The number of esters is 1. The predicted molar refractivity (Wildman–Crippen MR) is 40.1 cm³/mol. The van der Waals surface area contributed by atoms with Crippen molar-refractivity contribution in [1.29, 1.82) is 0 Å². The van der Waals surface area contributed by atoms with Gasteiger partial charge in [0, 0.05) is 0 Å². The van der Waals surface area contributed by atoms with Gasteiger partial charge in [-0.2, -0.15) is 0 Å². The van der Waals surface area contributed by atoms with E-state index in [1.54, 1.807) is 13.0 Å². The third kappa shape index (κ3) is 3.78. The fraction of sp³-hybridized carbons (Fsp3) is 0.625. The molecule has 1 heterocycles. The number of epoxide rings is 1. The minimum Gasteiger partial charge on any atom is -0.466 e. The minimum absolute atomic E-state index is 0.176. The van der Waals surface area contributed by atoms with Crippen LogP contribution < -0.4 is 0 Å². The Morgan fingerprint density at radius 3 is 3.09 bits per heavy atom. The zero-order chi connectivity index (χ0) is 8.10. The van der Waals surface area contributed by atoms with Crippen LogP contribution in [0.25, 0.3) is 0 Å². The van der Waals surface area contributed by atoms with Crippen molar-refractivity contribution in [3.8, 4) is 0 Å². The summed E-state index contributed by atoms with van der Waals surface area (Å²) >= 11 is 0. The summed E-state index contributed by atoms with van der Waals surface area (Å²) in [7, 11) is 0. The highest BCUT2D eigenvalue weighted by Crippen LogP contribution is 2.09. The summed E-state index contributed by atoms with van der Waals surface area (Å²) < 4.78 is 9.62. The van der Waals surface area contributed by atoms with E-state index in [9.17, 15) is 4.79 Å². The van der Waals surface area contributed by atoms with Gasteiger partial charge in [0.15, 0.2) is 0 Å². The Labute approximate surface area is 66.0 Å². The van der Waals surface area contributed by atoms with Crippen molar-refractivity contribution in [1.82, 2.24) is 0 Å². The Balaban J connectivity index is 2.04. The first-order chi connectivity index (χ1) is 5.33. The lowest BCUT2D eigenvalue weighted by Gasteiger charge is -1.95. The number of hydrogen-bond donors (Lipinski definition) is 0. The second kappa shape index (κ2) is 4.13. The lowest BCUT2D eigenvalue weighted by molar-refractivity contribution is -0.142. The van der Waals surface area contributed by atoms with Crippen molar-refractivity contribution in [2.45, 2.75) is 19.4 Å². The van der Waals surface area contributed by atoms with E-state index in [1.165, 1.54) is 0 Å². The Bertz CT molecular complexity index is 159. The van der Waals surface area contributed by atoms with Crippen LogP contribution in [0.4, 0.5) is 0 Å². The van der Waals surface area contributed by atoms with E-state index in [0.717, 1.165) is 6.61 Å². The van der Waals surface area contributed by atoms with Crippen LogP contribution in [0.2, 0.25) is 0 Å². The molecular formula is C8H12O3. The molecule has 0 saturated carbocycles. The van der Waals surface area contributed by atoms with E-state index in [2.05, 4.69) is 0 Å². The SMILES string of the molecule is CCOC(=O)C/C=C/C1CO1. The van der Waals surface area contributed by atoms with Crippen LogP contribution in [0.15, 0.2) is 12.2 Å². The molecule has 0 spiro atoms. The fourth-order valence-electron chi connectivity index (χ4n) is 0.703. The molecule has 0 aromatic carbocycles. The topological polar surface area (TPSA) is 38.8 Å². The van der Waals surface area contributed by atoms with E-state index in [0.29, 0.717) is 13.0 Å². The largest absolute Gasteiger partial charge is 0.466 e. The summed E-state index contributed by atoms with van der Waals surface area (Å²) in [5, 5.41) is 0. The van der Waals surface area contributed by atoms with Crippen molar-refractivity contribution in [3.05, 3.63) is 12.2 Å². The van der Waals surface area contributed by atoms with Crippen LogP contribution >= 0.6 is 0 Å². The zero-order valence-corrected chi connectivity index (χ0v) is 6.58. The molecule has 3 heteroatoms. The van der Waals surface area contributed by atoms with E-state index >= 15 is 0 Å². The van der Waals surface area contributed by atoms with E-state index < -0.39 is 0 Å². The molecule has 1 unspecified atom stereocenters. The lowest BCUT2D eigenvalue weighted by atomic mass is 10.3. The normalized spacial score (nSPS) is 22.1. The summed E-state index contributed by atoms with van der Waals surface area (Å²) in [5.41, 5.74) is 0. The van der Waals surface area contributed by atoms with Gasteiger partial charge in [0.2, 0.25) is 0 Å². The van der Waals surface area contributed by atoms with Gasteiger partial charge in [0.05, 0.1) is 25.7 Å². The fourth-order valence-corrected chi connectivity index (χ4v) is 0.703. The molecule has 1 saturated heterocycles. The Hall–Kier alpha value is -0.830. The van der Waals surface area contributed by atoms with Crippen LogP contribution in [-0.4, -0.2) is 25.3 Å². The molecule has 1 fully saturated rings. The predicted octanol–water partition coefficient (Wildman–Crippen LogP) is 0.895. The van der Waals surface area contributed by atoms with Crippen LogP contribution in [0, 0.1) is 0 Å². The van der Waals surface area contributed by atoms with Gasteiger partial charge < -0.3 is 9.47 Å². The monoisotopic (exact) mass is 156 g/mol. The molecule has 3 nitrogen and oxygen atoms in total. The molecule has 11 heavy (non-hydrogen) atoms. The third-order valence-electron chi connectivity index (χ3n) is 1.30. The van der Waals surface area contributed by atoms with Gasteiger partial charge in [-0.05, 0) is 6.92 Å². The maximum Gasteiger partial charge on any atom is 0.309 e. The second-order valence-electron chi connectivity index (χ2n) is 2.31. The molecular weight excluding hydrogens is 144 g/mol. The molecule has 0 bridgehead atoms. The van der Waals surface area contributed by atoms with Crippen LogP contribution in [0.1, 0.15) is 13.3 Å². The molecule has 1 atom stereocenters. The van der Waals surface area contributed by atoms with Gasteiger partial charge in [-0.1, -0.05) is 12.2 Å². The molecule has 1 aliphatic rings. The molecule has 0 aromatic heterocycles. The van der Waals surface area contributed by atoms with Crippen molar-refractivity contribution < 1.29 is 14.3 Å². The first-order valence-corrected chi connectivity index (χ1v) is 3.77. The smallest absolute Gasteiger partial charge is 0.309 e. The molecule has 0 aliphatic carbocycles. The summed E-state index contributed by atoms with van der Waals surface area (Å²) in [6.45, 7) is 3.04. The van der Waals surface area contributed by atoms with E-state index in [-0.39, 0.29) is 12.1 Å². The van der Waals surface area contributed by atoms with Crippen LogP contribution in [0.3, 0.4) is 0 Å². The highest BCUT2D eigenvalue weighted by Gasteiger charge is 2.17. The number of ether oxygens (including phenoxy) is 2. The van der Waals surface area contributed by atoms with Gasteiger partial charge >= 0.3 is 5.97 Å². The molecule has 0 N–H and O–H groups in total. The molecule has 0 radical (unpaired) electrons. The standard InChI is InChI=1S/C8H12O3/c1-2-10-8(9)5-3-4-7-6-11-7/h3-4,7H,2,5-6H2,1H3/b4-3+. The average molecular weight is 156 g/mol. The first kappa shape index (κ1) is 8.27. The molecule has 62 valence electrons. The highest BCUT2D eigenvalue weighted by molar-refractivity contribution is 5.71. The minimum atomic E-state index is -0.176. The Morgan fingerprint density at radius 2 is 2.55 bits per heavy atom. The first-order valence-electron chi connectivity index (χ1n) is 3.77. The van der Waals surface area contributed by atoms with Crippen molar-refractivity contribution in [2.75, 3.05) is 13.2 Å². The van der Waals surface area contributed by atoms with Crippen molar-refractivity contribution in [3.63, 3.8) is 0 Å². The highest BCUT2D eigenvalue weighted by atomic mass is 16.6. The van der Waals surface area contributed by atoms with Gasteiger partial charge in [0.25, 0.3) is 0 Å². The van der Waals surface area contributed by atoms with Crippen LogP contribution in [0.5, 0.6) is 0 Å². The number of rotatable bonds is 4. The summed E-state index contributed by atoms with van der Waals surface area (Å²) in [6.07, 6.45) is 4.28. The summed E-state index contributed by atoms with van der Waals surface area (Å²) in [6, 6.07) is 0. The quantitative estimate of drug-likeness (QED) is 0.345. The molecule has 1 aliphatic heterocycles. The van der Waals surface area contributed by atoms with Gasteiger partial charge in [0.1, 0.15) is 0 Å². The zero-order valence-electron chi connectivity index (χ0n) is 6.58. The second-order valence-corrected chi connectivity index (χ2v) is 2.31. The van der Waals surface area contributed by atoms with Crippen molar-refractivity contribution >= 4 is 5.97 Å². The number of carbonyl (C=O) groups is 1. The van der Waals surface area contributed by atoms with E-state index in [1.807, 2.05) is 6.08 Å².